The molecule has 0 unspecified atom stereocenters. The summed E-state index contributed by atoms with van der Waals surface area (Å²) >= 11 is 3.46. The zero-order valence-electron chi connectivity index (χ0n) is 7.50. The van der Waals surface area contributed by atoms with Gasteiger partial charge in [-0.2, -0.15) is 0 Å². The molecule has 0 radical (unpaired) electrons. The summed E-state index contributed by atoms with van der Waals surface area (Å²) in [5.41, 5.74) is 2.84. The summed E-state index contributed by atoms with van der Waals surface area (Å²) in [6.07, 6.45) is 2.44. The van der Waals surface area contributed by atoms with Gasteiger partial charge in [0.1, 0.15) is 0 Å². The topological polar surface area (TPSA) is 9.23 Å². The van der Waals surface area contributed by atoms with E-state index in [1.165, 1.54) is 11.1 Å². The molecule has 1 atom stereocenters. The molecule has 0 saturated carbocycles. The number of fused-ring (bicyclic) bond motifs is 1. The van der Waals surface area contributed by atoms with Crippen molar-refractivity contribution in [2.24, 2.45) is 0 Å². The van der Waals surface area contributed by atoms with Crippen LogP contribution in [0.4, 0.5) is 0 Å². The molecule has 70 valence electrons. The van der Waals surface area contributed by atoms with Crippen molar-refractivity contribution in [3.63, 3.8) is 0 Å². The number of halogens is 1. The quantitative estimate of drug-likeness (QED) is 0.723. The molecule has 1 aromatic rings. The second-order valence-corrected chi connectivity index (χ2v) is 4.08. The highest BCUT2D eigenvalue weighted by atomic mass is 79.9. The van der Waals surface area contributed by atoms with Gasteiger partial charge in [-0.1, -0.05) is 40.2 Å². The maximum Gasteiger partial charge on any atom is 0.0835 e. The molecular formula is C11H13BrO. The van der Waals surface area contributed by atoms with Gasteiger partial charge in [-0.15, -0.1) is 0 Å². The van der Waals surface area contributed by atoms with Crippen LogP contribution in [0.2, 0.25) is 0 Å². The van der Waals surface area contributed by atoms with E-state index in [9.17, 15) is 0 Å². The maximum absolute atomic E-state index is 5.71. The Hall–Kier alpha value is -0.340. The molecule has 1 aliphatic rings. The minimum atomic E-state index is 0.310. The third kappa shape index (κ3) is 1.94. The molecule has 0 saturated heterocycles. The van der Waals surface area contributed by atoms with Crippen molar-refractivity contribution in [1.29, 1.82) is 0 Å². The van der Waals surface area contributed by atoms with Gasteiger partial charge in [-0.3, -0.25) is 0 Å². The number of alkyl halides is 1. The molecule has 2 heteroatoms. The monoisotopic (exact) mass is 240 g/mol. The SMILES string of the molecule is BrCC[C@@H]1OCCc2ccccc21. The molecular weight excluding hydrogens is 228 g/mol. The first-order valence-electron chi connectivity index (χ1n) is 4.67. The summed E-state index contributed by atoms with van der Waals surface area (Å²) in [7, 11) is 0. The first-order valence-corrected chi connectivity index (χ1v) is 5.79. The Morgan fingerprint density at radius 1 is 1.38 bits per heavy atom. The van der Waals surface area contributed by atoms with Crippen LogP contribution in [0.5, 0.6) is 0 Å². The van der Waals surface area contributed by atoms with E-state index in [0.717, 1.165) is 24.8 Å². The van der Waals surface area contributed by atoms with Gasteiger partial charge in [0.25, 0.3) is 0 Å². The van der Waals surface area contributed by atoms with E-state index in [0.29, 0.717) is 6.10 Å². The van der Waals surface area contributed by atoms with Crippen LogP contribution in [0.15, 0.2) is 24.3 Å². The van der Waals surface area contributed by atoms with Crippen LogP contribution in [0, 0.1) is 0 Å². The Labute approximate surface area is 87.2 Å². The van der Waals surface area contributed by atoms with E-state index < -0.39 is 0 Å². The summed E-state index contributed by atoms with van der Waals surface area (Å²) in [5, 5.41) is 1.01. The maximum atomic E-state index is 5.71. The fraction of sp³-hybridized carbons (Fsp3) is 0.455. The van der Waals surface area contributed by atoms with E-state index in [1.807, 2.05) is 0 Å². The fourth-order valence-corrected chi connectivity index (χ4v) is 2.23. The summed E-state index contributed by atoms with van der Waals surface area (Å²) in [6.45, 7) is 0.870. The highest BCUT2D eigenvalue weighted by Crippen LogP contribution is 2.29. The van der Waals surface area contributed by atoms with Crippen LogP contribution in [0.3, 0.4) is 0 Å². The number of benzene rings is 1. The van der Waals surface area contributed by atoms with Gasteiger partial charge < -0.3 is 4.74 Å². The van der Waals surface area contributed by atoms with E-state index in [4.69, 9.17) is 4.74 Å². The molecule has 0 bridgehead atoms. The lowest BCUT2D eigenvalue weighted by Crippen LogP contribution is -2.16. The Morgan fingerprint density at radius 2 is 2.23 bits per heavy atom. The van der Waals surface area contributed by atoms with Crippen molar-refractivity contribution in [2.75, 3.05) is 11.9 Å². The predicted octanol–water partition coefficient (Wildman–Crippen LogP) is 3.09. The third-order valence-electron chi connectivity index (χ3n) is 2.46. The van der Waals surface area contributed by atoms with E-state index in [2.05, 4.69) is 40.2 Å². The zero-order valence-corrected chi connectivity index (χ0v) is 9.09. The summed E-state index contributed by atoms with van der Waals surface area (Å²) < 4.78 is 5.71. The average Bonchev–Trinajstić information content (AvgIpc) is 2.19. The van der Waals surface area contributed by atoms with Gasteiger partial charge in [-0.25, -0.2) is 0 Å². The van der Waals surface area contributed by atoms with Crippen molar-refractivity contribution in [1.82, 2.24) is 0 Å². The van der Waals surface area contributed by atoms with Gasteiger partial charge in [-0.05, 0) is 24.0 Å². The lowest BCUT2D eigenvalue weighted by molar-refractivity contribution is 0.0409. The molecule has 1 heterocycles. The van der Waals surface area contributed by atoms with E-state index >= 15 is 0 Å². The summed E-state index contributed by atoms with van der Waals surface area (Å²) in [4.78, 5) is 0. The average molecular weight is 241 g/mol. The lowest BCUT2D eigenvalue weighted by Gasteiger charge is -2.25. The predicted molar refractivity (Wildman–Crippen MR) is 57.3 cm³/mol. The molecule has 1 aliphatic heterocycles. The standard InChI is InChI=1S/C11H13BrO/c12-7-5-11-10-4-2-1-3-9(10)6-8-13-11/h1-4,11H,5-8H2/t11-/m0/s1. The largest absolute Gasteiger partial charge is 0.373 e. The smallest absolute Gasteiger partial charge is 0.0835 e. The first-order chi connectivity index (χ1) is 6.42. The summed E-state index contributed by atoms with van der Waals surface area (Å²) in [5.74, 6) is 0. The number of hydrogen-bond donors (Lipinski definition) is 0. The Balaban J connectivity index is 2.26. The molecule has 0 fully saturated rings. The molecule has 0 aliphatic carbocycles. The fourth-order valence-electron chi connectivity index (χ4n) is 1.81. The number of rotatable bonds is 2. The van der Waals surface area contributed by atoms with Gasteiger partial charge in [0.15, 0.2) is 0 Å². The van der Waals surface area contributed by atoms with E-state index in [1.54, 1.807) is 0 Å². The molecule has 0 amide bonds. The minimum absolute atomic E-state index is 0.310. The molecule has 2 rings (SSSR count). The normalized spacial score (nSPS) is 21.2. The molecule has 13 heavy (non-hydrogen) atoms. The van der Waals surface area contributed by atoms with Gasteiger partial charge in [0.2, 0.25) is 0 Å². The van der Waals surface area contributed by atoms with Gasteiger partial charge in [0, 0.05) is 5.33 Å². The second-order valence-electron chi connectivity index (χ2n) is 3.29. The van der Waals surface area contributed by atoms with Crippen molar-refractivity contribution in [3.8, 4) is 0 Å². The van der Waals surface area contributed by atoms with Crippen LogP contribution < -0.4 is 0 Å². The van der Waals surface area contributed by atoms with Gasteiger partial charge in [0.05, 0.1) is 12.7 Å². The Morgan fingerprint density at radius 3 is 3.08 bits per heavy atom. The highest BCUT2D eigenvalue weighted by molar-refractivity contribution is 9.09. The second kappa shape index (κ2) is 4.25. The minimum Gasteiger partial charge on any atom is -0.373 e. The van der Waals surface area contributed by atoms with Gasteiger partial charge >= 0.3 is 0 Å². The molecule has 0 spiro atoms. The van der Waals surface area contributed by atoms with Crippen molar-refractivity contribution in [3.05, 3.63) is 35.4 Å². The first kappa shape index (κ1) is 9.22. The van der Waals surface area contributed by atoms with Crippen LogP contribution in [-0.2, 0) is 11.2 Å². The molecule has 1 aromatic carbocycles. The number of ether oxygens (including phenoxy) is 1. The van der Waals surface area contributed by atoms with Crippen LogP contribution in [0.1, 0.15) is 23.7 Å². The van der Waals surface area contributed by atoms with Crippen LogP contribution in [0.25, 0.3) is 0 Å². The number of hydrogen-bond acceptors (Lipinski definition) is 1. The van der Waals surface area contributed by atoms with Crippen LogP contribution in [-0.4, -0.2) is 11.9 Å². The molecule has 0 N–H and O–H groups in total. The summed E-state index contributed by atoms with van der Waals surface area (Å²) in [6, 6.07) is 8.59. The van der Waals surface area contributed by atoms with Crippen molar-refractivity contribution >= 4 is 15.9 Å². The third-order valence-corrected chi connectivity index (χ3v) is 2.92. The van der Waals surface area contributed by atoms with Crippen molar-refractivity contribution in [2.45, 2.75) is 18.9 Å². The van der Waals surface area contributed by atoms with Crippen molar-refractivity contribution < 1.29 is 4.74 Å². The van der Waals surface area contributed by atoms with E-state index in [-0.39, 0.29) is 0 Å². The van der Waals surface area contributed by atoms with Crippen LogP contribution >= 0.6 is 15.9 Å². The highest BCUT2D eigenvalue weighted by Gasteiger charge is 2.18. The zero-order chi connectivity index (χ0) is 9.10. The molecule has 0 aromatic heterocycles. The Bertz CT molecular complexity index is 285. The lowest BCUT2D eigenvalue weighted by atomic mass is 9.96. The Kier molecular flexibility index (Phi) is 3.01. The molecule has 1 nitrogen and oxygen atoms in total.